The number of benzene rings is 2. The van der Waals surface area contributed by atoms with E-state index >= 15 is 0 Å². The smallest absolute Gasteiger partial charge is 0.381 e. The Hall–Kier alpha value is -2.70. The Morgan fingerprint density at radius 2 is 1.48 bits per heavy atom. The van der Waals surface area contributed by atoms with Gasteiger partial charge in [-0.25, -0.2) is 4.79 Å². The van der Waals surface area contributed by atoms with Crippen LogP contribution in [-0.4, -0.2) is 24.0 Å². The lowest BCUT2D eigenvalue weighted by Gasteiger charge is -2.05. The quantitative estimate of drug-likeness (QED) is 0.267. The molecule has 0 bridgehead atoms. The monoisotopic (exact) mass is 378 g/mol. The first kappa shape index (κ1) is 18.6. The van der Waals surface area contributed by atoms with Crippen LogP contribution in [0.4, 0.5) is 5.69 Å². The average molecular weight is 379 g/mol. The van der Waals surface area contributed by atoms with Crippen LogP contribution in [0, 0.1) is 0 Å². The number of ketones is 1. The molecule has 6 nitrogen and oxygen atoms in total. The maximum absolute atomic E-state index is 12.1. The third kappa shape index (κ3) is 4.89. The topological polar surface area (TPSA) is 88.3 Å². The Balaban J connectivity index is 2.47. The first-order valence-corrected chi connectivity index (χ1v) is 7.67. The molecular formula is C17H12Cl2N2O4. The second kappa shape index (κ2) is 8.41. The number of esters is 1. The highest BCUT2D eigenvalue weighted by Crippen LogP contribution is 2.23. The summed E-state index contributed by atoms with van der Waals surface area (Å²) in [4.78, 5) is 23.7. The summed E-state index contributed by atoms with van der Waals surface area (Å²) < 4.78 is 4.39. The van der Waals surface area contributed by atoms with Crippen molar-refractivity contribution < 1.29 is 19.4 Å². The summed E-state index contributed by atoms with van der Waals surface area (Å²) in [6, 6.07) is 12.3. The summed E-state index contributed by atoms with van der Waals surface area (Å²) in [7, 11) is 1.05. The predicted octanol–water partition coefficient (Wildman–Crippen LogP) is 4.75. The maximum atomic E-state index is 12.1. The number of azo groups is 1. The van der Waals surface area contributed by atoms with Crippen LogP contribution in [0.5, 0.6) is 0 Å². The van der Waals surface area contributed by atoms with Gasteiger partial charge in [0.2, 0.25) is 0 Å². The average Bonchev–Trinajstić information content (AvgIpc) is 2.62. The number of ether oxygens (including phenoxy) is 1. The molecule has 0 spiro atoms. The van der Waals surface area contributed by atoms with Gasteiger partial charge < -0.3 is 9.84 Å². The Bertz CT molecular complexity index is 844. The summed E-state index contributed by atoms with van der Waals surface area (Å²) in [5.74, 6) is -2.83. The molecule has 25 heavy (non-hydrogen) atoms. The van der Waals surface area contributed by atoms with Crippen molar-refractivity contribution in [2.24, 2.45) is 10.2 Å². The number of hydrogen-bond donors (Lipinski definition) is 1. The zero-order valence-electron chi connectivity index (χ0n) is 12.9. The van der Waals surface area contributed by atoms with Crippen LogP contribution < -0.4 is 0 Å². The first-order valence-electron chi connectivity index (χ1n) is 6.91. The summed E-state index contributed by atoms with van der Waals surface area (Å²) in [6.07, 6.45) is 0. The molecule has 0 aliphatic heterocycles. The number of aliphatic hydroxyl groups excluding tert-OH is 1. The Morgan fingerprint density at radius 3 is 2.00 bits per heavy atom. The van der Waals surface area contributed by atoms with Gasteiger partial charge in [-0.1, -0.05) is 23.2 Å². The van der Waals surface area contributed by atoms with Crippen LogP contribution >= 0.6 is 23.2 Å². The molecule has 0 unspecified atom stereocenters. The number of carbonyl (C=O) groups excluding carboxylic acids is 2. The molecule has 0 aliphatic carbocycles. The van der Waals surface area contributed by atoms with E-state index in [0.717, 1.165) is 7.11 Å². The third-order valence-electron chi connectivity index (χ3n) is 3.02. The molecule has 128 valence electrons. The van der Waals surface area contributed by atoms with Crippen molar-refractivity contribution in [3.63, 3.8) is 0 Å². The third-order valence-corrected chi connectivity index (χ3v) is 3.52. The van der Waals surface area contributed by atoms with Crippen LogP contribution in [0.3, 0.4) is 0 Å². The van der Waals surface area contributed by atoms with Crippen LogP contribution in [0.1, 0.15) is 5.56 Å². The van der Waals surface area contributed by atoms with E-state index in [0.29, 0.717) is 15.7 Å². The van der Waals surface area contributed by atoms with E-state index < -0.39 is 23.2 Å². The lowest BCUT2D eigenvalue weighted by molar-refractivity contribution is -0.149. The number of nitrogens with zero attached hydrogens (tertiary/aromatic N) is 2. The summed E-state index contributed by atoms with van der Waals surface area (Å²) >= 11 is 11.6. The number of methoxy groups -OCH3 is 1. The molecule has 1 N–H and O–H groups in total. The fourth-order valence-corrected chi connectivity index (χ4v) is 2.00. The van der Waals surface area contributed by atoms with E-state index in [4.69, 9.17) is 23.2 Å². The molecule has 0 aliphatic rings. The van der Waals surface area contributed by atoms with Gasteiger partial charge in [-0.15, -0.1) is 5.11 Å². The molecule has 0 atom stereocenters. The second-order valence-electron chi connectivity index (χ2n) is 4.70. The van der Waals surface area contributed by atoms with Gasteiger partial charge in [-0.2, -0.15) is 5.11 Å². The second-order valence-corrected chi connectivity index (χ2v) is 5.57. The number of Topliss-reactive ketones (excluding diaryl/α,β-unsaturated/α-hetero) is 1. The fraction of sp³-hybridized carbons (Fsp3) is 0.0588. The molecule has 2 aromatic carbocycles. The van der Waals surface area contributed by atoms with E-state index in [-0.39, 0.29) is 5.56 Å². The van der Waals surface area contributed by atoms with Crippen molar-refractivity contribution in [1.29, 1.82) is 0 Å². The SMILES string of the molecule is COC(=O)C(=O)C(N=Nc1ccc(Cl)cc1)=C(O)c1ccc(Cl)cc1. The molecule has 0 fully saturated rings. The molecule has 0 saturated heterocycles. The van der Waals surface area contributed by atoms with E-state index in [1.165, 1.54) is 24.3 Å². The maximum Gasteiger partial charge on any atom is 0.381 e. The van der Waals surface area contributed by atoms with E-state index in [2.05, 4.69) is 15.0 Å². The molecule has 0 saturated carbocycles. The molecule has 2 rings (SSSR count). The van der Waals surface area contributed by atoms with Crippen LogP contribution in [0.25, 0.3) is 5.76 Å². The van der Waals surface area contributed by atoms with Gasteiger partial charge in [-0.05, 0) is 48.5 Å². The Kier molecular flexibility index (Phi) is 6.27. The highest BCUT2D eigenvalue weighted by molar-refractivity contribution is 6.41. The molecule has 0 amide bonds. The van der Waals surface area contributed by atoms with Crippen molar-refractivity contribution in [3.8, 4) is 0 Å². The normalized spacial score (nSPS) is 12.0. The van der Waals surface area contributed by atoms with Gasteiger partial charge >= 0.3 is 5.97 Å². The molecule has 0 radical (unpaired) electrons. The number of aliphatic hydroxyl groups is 1. The molecule has 8 heteroatoms. The van der Waals surface area contributed by atoms with E-state index in [1.54, 1.807) is 24.3 Å². The fourth-order valence-electron chi connectivity index (χ4n) is 1.75. The van der Waals surface area contributed by atoms with Gasteiger partial charge in [-0.3, -0.25) is 4.79 Å². The number of hydrogen-bond acceptors (Lipinski definition) is 6. The van der Waals surface area contributed by atoms with Crippen LogP contribution in [-0.2, 0) is 14.3 Å². The lowest BCUT2D eigenvalue weighted by atomic mass is 10.1. The minimum atomic E-state index is -1.18. The summed E-state index contributed by atoms with van der Waals surface area (Å²) in [5.41, 5.74) is 0.0688. The van der Waals surface area contributed by atoms with Crippen LogP contribution in [0.2, 0.25) is 10.0 Å². The largest absolute Gasteiger partial charge is 0.505 e. The highest BCUT2D eigenvalue weighted by Gasteiger charge is 2.24. The number of halogens is 2. The van der Waals surface area contributed by atoms with Crippen molar-refractivity contribution in [1.82, 2.24) is 0 Å². The molecule has 2 aromatic rings. The van der Waals surface area contributed by atoms with Gasteiger partial charge in [0.1, 0.15) is 0 Å². The minimum Gasteiger partial charge on any atom is -0.505 e. The van der Waals surface area contributed by atoms with E-state index in [1.807, 2.05) is 0 Å². The van der Waals surface area contributed by atoms with Crippen molar-refractivity contribution in [2.75, 3.05) is 7.11 Å². The molecular weight excluding hydrogens is 367 g/mol. The van der Waals surface area contributed by atoms with Gasteiger partial charge in [0.05, 0.1) is 12.8 Å². The molecule has 0 aromatic heterocycles. The number of carbonyl (C=O) groups is 2. The summed E-state index contributed by atoms with van der Waals surface area (Å²) in [5, 5.41) is 18.9. The Morgan fingerprint density at radius 1 is 0.960 bits per heavy atom. The zero-order valence-corrected chi connectivity index (χ0v) is 14.5. The van der Waals surface area contributed by atoms with Crippen molar-refractivity contribution in [2.45, 2.75) is 0 Å². The minimum absolute atomic E-state index is 0.242. The molecule has 0 heterocycles. The highest BCUT2D eigenvalue weighted by atomic mass is 35.5. The summed E-state index contributed by atoms with van der Waals surface area (Å²) in [6.45, 7) is 0. The number of rotatable bonds is 5. The van der Waals surface area contributed by atoms with E-state index in [9.17, 15) is 14.7 Å². The van der Waals surface area contributed by atoms with Crippen molar-refractivity contribution in [3.05, 3.63) is 69.8 Å². The first-order chi connectivity index (χ1) is 11.9. The van der Waals surface area contributed by atoms with Crippen molar-refractivity contribution >= 4 is 46.4 Å². The Labute approximate surface area is 153 Å². The zero-order chi connectivity index (χ0) is 18.4. The van der Waals surface area contributed by atoms with Crippen LogP contribution in [0.15, 0.2) is 64.5 Å². The predicted molar refractivity (Wildman–Crippen MR) is 94.0 cm³/mol. The lowest BCUT2D eigenvalue weighted by Crippen LogP contribution is -2.18. The van der Waals surface area contributed by atoms with Gasteiger partial charge in [0, 0.05) is 15.6 Å². The standard InChI is InChI=1S/C17H12Cl2N2O4/c1-25-17(24)16(23)14(15(22)10-2-4-11(18)5-3-10)21-20-13-8-6-12(19)7-9-13/h2-9,22H,1H3. The van der Waals surface area contributed by atoms with Gasteiger partial charge in [0.25, 0.3) is 5.78 Å². The van der Waals surface area contributed by atoms with Gasteiger partial charge in [0.15, 0.2) is 11.5 Å².